The molecule has 0 aromatic heterocycles. The first-order valence-electron chi connectivity index (χ1n) is 29.2. The van der Waals surface area contributed by atoms with Crippen LogP contribution in [0, 0.1) is 25.0 Å². The van der Waals surface area contributed by atoms with Crippen LogP contribution in [0.1, 0.15) is 157 Å². The summed E-state index contributed by atoms with van der Waals surface area (Å²) in [6.07, 6.45) is 18.3. The summed E-state index contributed by atoms with van der Waals surface area (Å²) in [6.45, 7) is 9.86. The number of Topliss-reactive ketones (excluding diaryl/α,β-unsaturated/α-hetero) is 1. The van der Waals surface area contributed by atoms with Crippen molar-refractivity contribution < 1.29 is 154 Å². The Bertz CT molecular complexity index is 2840. The second-order valence-electron chi connectivity index (χ2n) is 20.7. The Kier molecular flexibility index (Phi) is 49.5. The molecule has 528 valence electrons. The van der Waals surface area contributed by atoms with Crippen LogP contribution < -0.4 is 16.7 Å². The van der Waals surface area contributed by atoms with Crippen LogP contribution in [0.25, 0.3) is 11.5 Å². The van der Waals surface area contributed by atoms with Crippen molar-refractivity contribution in [1.82, 2.24) is 20.7 Å². The molecular formula is C62H82N8O23Pt2. The third kappa shape index (κ3) is 43.9. The number of aliphatic carboxylic acids is 6. The molecule has 33 heteroatoms. The zero-order valence-corrected chi connectivity index (χ0v) is 57.3. The van der Waals surface area contributed by atoms with Gasteiger partial charge in [-0.2, -0.15) is 42.2 Å². The standard InChI is InChI=1S/C20H23N3O5.C10H15N3O3.C10H10O3.2C9H15NO2.2C2H2O4.2Pt/c1-14(16-8-6-15(7-9-16)13-20(27)28)21-22-17(24)5-3-2-4-12-23-18(25)10-11-19(23)26;11-12-8(14)4-2-1-3-7-13-9(15)5-6-10(13)16;1-7(11)9-4-2-8(3-5-9)6-10(12)13;2*1-7(11)12-6-8-4-2-3-5-9(8)10;2*3-1(4)2(5)6;;/h6-11H,2-5,12-13H2,1H3,(H,22,24)(H,27,28);5-6H,1-4,7,11H2,(H,12,14);2-5H,6H2,1H3,(H,12,13);2*6,8-10H,2-5H2,1H3;2*(H,3,4)(H,5,6);;/q;;;2*-2;;;2*+2/b21-14+;;;;;;;;/t;;;2*8-,9+;;;;/m...00..../s1. The maximum atomic E-state index is 11.9. The van der Waals surface area contributed by atoms with Gasteiger partial charge in [-0.3, -0.25) is 68.0 Å². The van der Waals surface area contributed by atoms with E-state index in [0.717, 1.165) is 69.8 Å². The van der Waals surface area contributed by atoms with Gasteiger partial charge in [-0.1, -0.05) is 113 Å². The number of carbonyl (C=O) groups is 15. The fourth-order valence-corrected chi connectivity index (χ4v) is 8.19. The van der Waals surface area contributed by atoms with Crippen molar-refractivity contribution in [3.8, 4) is 0 Å². The first-order chi connectivity index (χ1) is 43.8. The molecule has 6 amide bonds. The average molecular weight is 1700 g/mol. The summed E-state index contributed by atoms with van der Waals surface area (Å²) in [6, 6.07) is 13.4. The van der Waals surface area contributed by atoms with Gasteiger partial charge >= 0.3 is 77.9 Å². The van der Waals surface area contributed by atoms with E-state index < -0.39 is 35.8 Å². The molecule has 31 nitrogen and oxygen atoms in total. The molecule has 2 aromatic rings. The first-order valence-corrected chi connectivity index (χ1v) is 29.2. The second-order valence-corrected chi connectivity index (χ2v) is 20.7. The number of carbonyl (C=O) groups excluding carboxylic acids is 9. The number of unbranched alkanes of at least 4 members (excludes halogenated alkanes) is 4. The fraction of sp³-hybridized carbons (Fsp3) is 0.452. The first kappa shape index (κ1) is 90.7. The van der Waals surface area contributed by atoms with Gasteiger partial charge in [-0.05, 0) is 56.2 Å². The van der Waals surface area contributed by atoms with Gasteiger partial charge in [-0.15, -0.1) is 0 Å². The minimum Gasteiger partial charge on any atom is -0.676 e. The molecule has 0 bridgehead atoms. The molecule has 6 rings (SSSR count). The predicted molar refractivity (Wildman–Crippen MR) is 330 cm³/mol. The van der Waals surface area contributed by atoms with E-state index in [-0.39, 0.29) is 132 Å². The monoisotopic (exact) mass is 1700 g/mol. The number of rotatable bonds is 23. The topological polar surface area (TPSA) is 512 Å². The third-order valence-corrected chi connectivity index (χ3v) is 13.1. The zero-order valence-electron chi connectivity index (χ0n) is 52.7. The average Bonchev–Trinajstić information content (AvgIpc) is 2.04. The normalized spacial score (nSPS) is 16.3. The van der Waals surface area contributed by atoms with Crippen molar-refractivity contribution in [1.29, 1.82) is 0 Å². The van der Waals surface area contributed by atoms with Gasteiger partial charge in [-0.25, -0.2) is 30.4 Å². The quantitative estimate of drug-likeness (QED) is 0.00627. The molecule has 0 unspecified atom stereocenters. The Labute approximate surface area is 577 Å². The minimum atomic E-state index is -1.82. The minimum absolute atomic E-state index is 0. The summed E-state index contributed by atoms with van der Waals surface area (Å²) in [5.41, 5.74) is 23.3. The van der Waals surface area contributed by atoms with Crippen molar-refractivity contribution in [2.45, 2.75) is 155 Å². The number of nitrogens with two attached hydrogens (primary N) is 1. The number of benzene rings is 2. The van der Waals surface area contributed by atoms with E-state index in [1.165, 1.54) is 54.9 Å². The molecule has 2 aliphatic heterocycles. The van der Waals surface area contributed by atoms with Crippen molar-refractivity contribution >= 4 is 94.7 Å². The van der Waals surface area contributed by atoms with E-state index in [1.54, 1.807) is 68.7 Å². The molecule has 95 heavy (non-hydrogen) atoms. The number of imide groups is 2. The van der Waals surface area contributed by atoms with Crippen molar-refractivity contribution in [2.24, 2.45) is 22.8 Å². The Morgan fingerprint density at radius 2 is 0.832 bits per heavy atom. The number of hydrogen-bond acceptors (Lipinski definition) is 19. The van der Waals surface area contributed by atoms with Crippen LogP contribution in [0.5, 0.6) is 0 Å². The maximum absolute atomic E-state index is 11.9. The number of nitrogens with zero attached hydrogens (tertiary/aromatic N) is 3. The van der Waals surface area contributed by atoms with Crippen LogP contribution in [0.3, 0.4) is 0 Å². The Balaban J connectivity index is -0.00000110. The van der Waals surface area contributed by atoms with Crippen LogP contribution >= 0.6 is 0 Å². The number of hydrazone groups is 1. The summed E-state index contributed by atoms with van der Waals surface area (Å²) in [7, 11) is 0. The molecule has 2 fully saturated rings. The van der Waals surface area contributed by atoms with Crippen molar-refractivity contribution in [3.05, 3.63) is 120 Å². The van der Waals surface area contributed by atoms with Crippen molar-refractivity contribution in [2.75, 3.05) is 13.1 Å². The van der Waals surface area contributed by atoms with Gasteiger partial charge in [0.1, 0.15) is 0 Å². The molecule has 2 saturated carbocycles. The smallest absolute Gasteiger partial charge is 0.676 e. The largest absolute Gasteiger partial charge is 2.00 e. The molecule has 2 aromatic carbocycles. The molecule has 0 radical (unpaired) electrons. The second kappa shape index (κ2) is 51.9. The Hall–Kier alpha value is -8.50. The summed E-state index contributed by atoms with van der Waals surface area (Å²) in [5, 5.41) is 50.9. The van der Waals surface area contributed by atoms with Crippen LogP contribution in [0.4, 0.5) is 0 Å². The number of carboxylic acid groups (broad SMARTS) is 6. The van der Waals surface area contributed by atoms with Crippen molar-refractivity contribution in [3.63, 3.8) is 0 Å². The van der Waals surface area contributed by atoms with Crippen LogP contribution in [-0.4, -0.2) is 160 Å². The fourth-order valence-electron chi connectivity index (χ4n) is 8.19. The van der Waals surface area contributed by atoms with E-state index in [2.05, 4.69) is 10.5 Å². The van der Waals surface area contributed by atoms with Gasteiger partial charge in [0.2, 0.25) is 11.8 Å². The summed E-state index contributed by atoms with van der Waals surface area (Å²) < 4.78 is 9.54. The summed E-state index contributed by atoms with van der Waals surface area (Å²) >= 11 is 0. The van der Waals surface area contributed by atoms with Gasteiger partial charge in [0.25, 0.3) is 35.6 Å². The van der Waals surface area contributed by atoms with E-state index in [1.807, 2.05) is 5.43 Å². The van der Waals surface area contributed by atoms with E-state index in [4.69, 9.17) is 76.6 Å². The number of carboxylic acids is 6. The molecule has 12 N–H and O–H groups in total. The van der Waals surface area contributed by atoms with Gasteiger partial charge in [0, 0.05) is 69.6 Å². The van der Waals surface area contributed by atoms with E-state index in [9.17, 15) is 52.7 Å². The molecule has 0 saturated heterocycles. The number of ketones is 1. The SMILES string of the molecule is C/C(=N\NC(=O)CCCCCN1C(=O)C=CC1=O)c1ccc(CC(=O)O)cc1.CC(=O)O[CH-][C@@H]1CCCC[C@H]1[NH-].CC(=O)O[CH-][C@@H]1CCCC[C@H]1[NH-].CC(=O)c1ccc(CC(=O)O)cc1.NNC(=O)CCCCCN1C(=O)C=CC1=O.O=C(O)C(=O)O.O=C(O)C(=O)O.[Pt+2].[Pt+2]. The van der Waals surface area contributed by atoms with Crippen LogP contribution in [-0.2, 0) is 132 Å². The van der Waals surface area contributed by atoms with Gasteiger partial charge in [0.05, 0.1) is 18.6 Å². The van der Waals surface area contributed by atoms with E-state index in [0.29, 0.717) is 74.0 Å². The van der Waals surface area contributed by atoms with Gasteiger partial charge in [0.15, 0.2) is 5.78 Å². The molecule has 4 atom stereocenters. The Morgan fingerprint density at radius 3 is 1.13 bits per heavy atom. The number of esters is 2. The number of amides is 6. The number of ether oxygens (including phenoxy) is 2. The molecule has 2 aliphatic carbocycles. The number of nitrogens with one attached hydrogen (secondary N) is 4. The molecule has 4 aliphatic rings. The molecular weight excluding hydrogens is 1610 g/mol. The van der Waals surface area contributed by atoms with Crippen LogP contribution in [0.15, 0.2) is 77.9 Å². The molecule has 0 spiro atoms. The summed E-state index contributed by atoms with van der Waals surface area (Å²) in [4.78, 5) is 159. The zero-order chi connectivity index (χ0) is 70.6. The van der Waals surface area contributed by atoms with Crippen LogP contribution in [0.2, 0.25) is 0 Å². The number of hydrazine groups is 1. The Morgan fingerprint density at radius 1 is 0.505 bits per heavy atom. The summed E-state index contributed by atoms with van der Waals surface area (Å²) in [5.74, 6) is -5.91. The van der Waals surface area contributed by atoms with E-state index >= 15 is 0 Å². The maximum Gasteiger partial charge on any atom is 2.00 e. The number of hydrogen-bond donors (Lipinski definition) is 9. The van der Waals surface area contributed by atoms with Gasteiger partial charge < -0.3 is 51.6 Å². The predicted octanol–water partition coefficient (Wildman–Crippen LogP) is 5.57. The molecule has 2 heterocycles. The third-order valence-electron chi connectivity index (χ3n) is 13.1.